The lowest BCUT2D eigenvalue weighted by Crippen LogP contribution is -2.48. The lowest BCUT2D eigenvalue weighted by Gasteiger charge is -2.37. The SMILES string of the molecule is O=C(N1CCOCC1)N1C[C@@H](COc2cnccn2)[C@@H]2COc3ccc(F)cc3[C@@H]21. The molecule has 2 amide bonds. The van der Waals surface area contributed by atoms with Crippen molar-refractivity contribution in [3.63, 3.8) is 0 Å². The fourth-order valence-corrected chi connectivity index (χ4v) is 4.55. The number of nitrogens with zero attached hydrogens (tertiary/aromatic N) is 4. The molecule has 2 saturated heterocycles. The first-order chi connectivity index (χ1) is 14.7. The van der Waals surface area contributed by atoms with Crippen LogP contribution in [0.2, 0.25) is 0 Å². The number of benzene rings is 1. The smallest absolute Gasteiger partial charge is 0.320 e. The predicted octanol–water partition coefficient (Wildman–Crippen LogP) is 2.13. The van der Waals surface area contributed by atoms with E-state index in [4.69, 9.17) is 14.2 Å². The third-order valence-electron chi connectivity index (χ3n) is 6.01. The van der Waals surface area contributed by atoms with Crippen LogP contribution in [0.1, 0.15) is 11.6 Å². The molecule has 2 fully saturated rings. The van der Waals surface area contributed by atoms with Crippen molar-refractivity contribution in [3.05, 3.63) is 48.2 Å². The van der Waals surface area contributed by atoms with Crippen molar-refractivity contribution in [1.82, 2.24) is 19.8 Å². The molecular weight excluding hydrogens is 391 g/mol. The fourth-order valence-electron chi connectivity index (χ4n) is 4.55. The molecule has 0 radical (unpaired) electrons. The van der Waals surface area contributed by atoms with E-state index in [9.17, 15) is 9.18 Å². The lowest BCUT2D eigenvalue weighted by atomic mass is 9.85. The number of morpholine rings is 1. The molecule has 0 aliphatic carbocycles. The van der Waals surface area contributed by atoms with Gasteiger partial charge < -0.3 is 24.0 Å². The van der Waals surface area contributed by atoms with Gasteiger partial charge in [0.15, 0.2) is 0 Å². The molecule has 30 heavy (non-hydrogen) atoms. The zero-order valence-electron chi connectivity index (χ0n) is 16.4. The Labute approximate surface area is 173 Å². The molecule has 8 nitrogen and oxygen atoms in total. The van der Waals surface area contributed by atoms with Gasteiger partial charge in [0.1, 0.15) is 11.6 Å². The van der Waals surface area contributed by atoms with E-state index in [0.717, 1.165) is 5.56 Å². The third kappa shape index (κ3) is 3.54. The van der Waals surface area contributed by atoms with Crippen LogP contribution in [0.25, 0.3) is 0 Å². The molecule has 0 N–H and O–H groups in total. The van der Waals surface area contributed by atoms with E-state index in [-0.39, 0.29) is 29.7 Å². The third-order valence-corrected chi connectivity index (χ3v) is 6.01. The molecule has 9 heteroatoms. The molecule has 1 aromatic heterocycles. The maximum atomic E-state index is 14.1. The topological polar surface area (TPSA) is 77.0 Å². The molecule has 1 aromatic carbocycles. The highest BCUT2D eigenvalue weighted by Crippen LogP contribution is 2.48. The summed E-state index contributed by atoms with van der Waals surface area (Å²) < 4.78 is 31.2. The average Bonchev–Trinajstić information content (AvgIpc) is 3.17. The minimum Gasteiger partial charge on any atom is -0.493 e. The van der Waals surface area contributed by atoms with Crippen molar-refractivity contribution in [2.45, 2.75) is 6.04 Å². The molecule has 0 spiro atoms. The summed E-state index contributed by atoms with van der Waals surface area (Å²) in [5.41, 5.74) is 0.717. The van der Waals surface area contributed by atoms with Crippen LogP contribution >= 0.6 is 0 Å². The molecule has 158 valence electrons. The quantitative estimate of drug-likeness (QED) is 0.766. The predicted molar refractivity (Wildman–Crippen MR) is 104 cm³/mol. The minimum absolute atomic E-state index is 0.000891. The van der Waals surface area contributed by atoms with E-state index in [1.165, 1.54) is 12.1 Å². The summed E-state index contributed by atoms with van der Waals surface area (Å²) in [7, 11) is 0. The van der Waals surface area contributed by atoms with Crippen molar-refractivity contribution < 1.29 is 23.4 Å². The highest BCUT2D eigenvalue weighted by atomic mass is 19.1. The first-order valence-corrected chi connectivity index (χ1v) is 10.1. The number of aromatic nitrogens is 2. The van der Waals surface area contributed by atoms with Gasteiger partial charge in [-0.2, -0.15) is 0 Å². The molecule has 3 atom stereocenters. The van der Waals surface area contributed by atoms with E-state index in [1.807, 2.05) is 4.90 Å². The van der Waals surface area contributed by atoms with Gasteiger partial charge in [-0.15, -0.1) is 0 Å². The Balaban J connectivity index is 1.42. The van der Waals surface area contributed by atoms with Crippen LogP contribution in [0, 0.1) is 17.7 Å². The van der Waals surface area contributed by atoms with Crippen LogP contribution in [0.15, 0.2) is 36.8 Å². The Hall–Kier alpha value is -2.94. The lowest BCUT2D eigenvalue weighted by molar-refractivity contribution is 0.0395. The molecule has 3 aliphatic rings. The largest absolute Gasteiger partial charge is 0.493 e. The van der Waals surface area contributed by atoms with Gasteiger partial charge in [-0.25, -0.2) is 14.2 Å². The van der Waals surface area contributed by atoms with Gasteiger partial charge in [0.2, 0.25) is 5.88 Å². The van der Waals surface area contributed by atoms with E-state index >= 15 is 0 Å². The van der Waals surface area contributed by atoms with Crippen molar-refractivity contribution >= 4 is 6.03 Å². The monoisotopic (exact) mass is 414 g/mol. The molecule has 0 unspecified atom stereocenters. The average molecular weight is 414 g/mol. The number of amides is 2. The summed E-state index contributed by atoms with van der Waals surface area (Å²) in [5, 5.41) is 0. The first kappa shape index (κ1) is 19.0. The Morgan fingerprint density at radius 1 is 1.27 bits per heavy atom. The Kier molecular flexibility index (Phi) is 5.12. The van der Waals surface area contributed by atoms with Gasteiger partial charge in [-0.05, 0) is 18.2 Å². The van der Waals surface area contributed by atoms with Gasteiger partial charge in [0, 0.05) is 49.4 Å². The maximum absolute atomic E-state index is 14.1. The second kappa shape index (κ2) is 8.06. The van der Waals surface area contributed by atoms with Crippen LogP contribution in [0.5, 0.6) is 11.6 Å². The summed E-state index contributed by atoms with van der Waals surface area (Å²) in [5.74, 6) is 0.763. The van der Waals surface area contributed by atoms with Crippen LogP contribution in [0.3, 0.4) is 0 Å². The van der Waals surface area contributed by atoms with Crippen LogP contribution in [-0.2, 0) is 4.74 Å². The molecule has 3 aliphatic heterocycles. The molecule has 5 rings (SSSR count). The number of carbonyl (C=O) groups excluding carboxylic acids is 1. The van der Waals surface area contributed by atoms with Gasteiger partial charge in [0.25, 0.3) is 0 Å². The minimum atomic E-state index is -0.337. The van der Waals surface area contributed by atoms with Crippen LogP contribution in [0.4, 0.5) is 9.18 Å². The van der Waals surface area contributed by atoms with Crippen molar-refractivity contribution in [2.75, 3.05) is 46.1 Å². The second-order valence-corrected chi connectivity index (χ2v) is 7.75. The standard InChI is InChI=1S/C21H23FN4O4/c22-15-1-2-18-16(9-15)20-17(13-29-18)14(12-30-19-10-23-3-4-24-19)11-26(20)21(27)25-5-7-28-8-6-25/h1-4,9-10,14,17,20H,5-8,11-13H2/t14-,17-,20-/m0/s1. The number of fused-ring (bicyclic) bond motifs is 3. The van der Waals surface area contributed by atoms with Gasteiger partial charge in [-0.1, -0.05) is 0 Å². The second-order valence-electron chi connectivity index (χ2n) is 7.75. The van der Waals surface area contributed by atoms with Gasteiger partial charge >= 0.3 is 6.03 Å². The number of hydrogen-bond donors (Lipinski definition) is 0. The number of hydrogen-bond acceptors (Lipinski definition) is 6. The van der Waals surface area contributed by atoms with Gasteiger partial charge in [-0.3, -0.25) is 4.98 Å². The maximum Gasteiger partial charge on any atom is 0.320 e. The summed E-state index contributed by atoms with van der Waals surface area (Å²) in [6, 6.07) is 4.21. The zero-order chi connectivity index (χ0) is 20.5. The zero-order valence-corrected chi connectivity index (χ0v) is 16.4. The Morgan fingerprint density at radius 3 is 2.93 bits per heavy atom. The Bertz CT molecular complexity index is 909. The summed E-state index contributed by atoms with van der Waals surface area (Å²) >= 11 is 0. The number of ether oxygens (including phenoxy) is 3. The fraction of sp³-hybridized carbons (Fsp3) is 0.476. The highest BCUT2D eigenvalue weighted by Gasteiger charge is 2.49. The van der Waals surface area contributed by atoms with Crippen molar-refractivity contribution in [2.24, 2.45) is 11.8 Å². The summed E-state index contributed by atoms with van der Waals surface area (Å²) in [4.78, 5) is 25.2. The number of halogens is 1. The van der Waals surface area contributed by atoms with E-state index in [1.54, 1.807) is 29.6 Å². The first-order valence-electron chi connectivity index (χ1n) is 10.1. The number of likely N-dealkylation sites (tertiary alicyclic amines) is 1. The number of rotatable bonds is 3. The molecular formula is C21H23FN4O4. The number of urea groups is 1. The molecule has 2 aromatic rings. The Morgan fingerprint density at radius 2 is 2.13 bits per heavy atom. The van der Waals surface area contributed by atoms with Crippen LogP contribution in [-0.4, -0.2) is 71.9 Å². The molecule has 0 saturated carbocycles. The van der Waals surface area contributed by atoms with E-state index in [2.05, 4.69) is 9.97 Å². The van der Waals surface area contributed by atoms with Crippen molar-refractivity contribution in [1.29, 1.82) is 0 Å². The molecule has 0 bridgehead atoms. The highest BCUT2D eigenvalue weighted by molar-refractivity contribution is 5.76. The van der Waals surface area contributed by atoms with Crippen molar-refractivity contribution in [3.8, 4) is 11.6 Å². The summed E-state index contributed by atoms with van der Waals surface area (Å²) in [6.45, 7) is 3.50. The molecule has 4 heterocycles. The van der Waals surface area contributed by atoms with Crippen LogP contribution < -0.4 is 9.47 Å². The number of carbonyl (C=O) groups is 1. The summed E-state index contributed by atoms with van der Waals surface area (Å²) in [6.07, 6.45) is 4.72. The van der Waals surface area contributed by atoms with Gasteiger partial charge in [0.05, 0.1) is 38.7 Å². The van der Waals surface area contributed by atoms with E-state index < -0.39 is 0 Å². The van der Waals surface area contributed by atoms with E-state index in [0.29, 0.717) is 57.7 Å². The normalized spacial score (nSPS) is 25.3.